The zero-order chi connectivity index (χ0) is 6.57. The van der Waals surface area contributed by atoms with E-state index in [1.807, 2.05) is 0 Å². The second-order valence-electron chi connectivity index (χ2n) is 1.04. The normalized spacial score (nSPS) is 11.4. The van der Waals surface area contributed by atoms with Crippen molar-refractivity contribution in [3.63, 3.8) is 0 Å². The van der Waals surface area contributed by atoms with Crippen molar-refractivity contribution in [1.29, 1.82) is 0 Å². The van der Waals surface area contributed by atoms with Gasteiger partial charge in [-0.2, -0.15) is 4.99 Å². The van der Waals surface area contributed by atoms with Crippen LogP contribution in [-0.2, 0) is 0 Å². The molecule has 45 valence electrons. The largest absolute Gasteiger partial charge is 0.386 e. The van der Waals surface area contributed by atoms with Crippen LogP contribution in [0.4, 0.5) is 4.79 Å². The summed E-state index contributed by atoms with van der Waals surface area (Å²) in [6.07, 6.45) is 0. The maximum atomic E-state index is 9.85. The molecule has 0 fully saturated rings. The van der Waals surface area contributed by atoms with Crippen LogP contribution in [0.25, 0.3) is 0 Å². The molecule has 0 aromatic carbocycles. The van der Waals surface area contributed by atoms with Crippen molar-refractivity contribution in [1.82, 2.24) is 0 Å². The molecule has 0 spiro atoms. The molecule has 0 aromatic rings. The van der Waals surface area contributed by atoms with Crippen molar-refractivity contribution in [3.05, 3.63) is 6.54 Å². The first-order valence-electron chi connectivity index (χ1n) is 1.85. The summed E-state index contributed by atoms with van der Waals surface area (Å²) in [5.74, 6) is -0.0718. The van der Waals surface area contributed by atoms with Crippen LogP contribution >= 0.6 is 0 Å². The number of primary amides is 1. The van der Waals surface area contributed by atoms with E-state index in [9.17, 15) is 4.79 Å². The molecule has 6 N–H and O–H groups in total. The maximum Gasteiger partial charge on any atom is 0.340 e. The van der Waals surface area contributed by atoms with Gasteiger partial charge in [-0.05, 0) is 0 Å². The first kappa shape index (κ1) is 6.90. The molecular formula is C3H7N4O. The molecule has 2 amide bonds. The SMILES string of the molecule is N[CH]C(N)=NC(N)=O. The van der Waals surface area contributed by atoms with Gasteiger partial charge in [-0.1, -0.05) is 0 Å². The van der Waals surface area contributed by atoms with Crippen LogP contribution in [0.1, 0.15) is 0 Å². The van der Waals surface area contributed by atoms with Gasteiger partial charge < -0.3 is 17.2 Å². The highest BCUT2D eigenvalue weighted by molar-refractivity contribution is 5.96. The van der Waals surface area contributed by atoms with Crippen LogP contribution in [0.2, 0.25) is 0 Å². The minimum absolute atomic E-state index is 0.0718. The summed E-state index contributed by atoms with van der Waals surface area (Å²) in [6, 6.07) is -0.843. The zero-order valence-corrected chi connectivity index (χ0v) is 4.16. The highest BCUT2D eigenvalue weighted by Crippen LogP contribution is 1.68. The molecule has 0 unspecified atom stereocenters. The number of carbonyl (C=O) groups is 1. The van der Waals surface area contributed by atoms with Gasteiger partial charge in [0.05, 0.1) is 6.54 Å². The highest BCUT2D eigenvalue weighted by Gasteiger charge is 1.88. The Morgan fingerprint density at radius 2 is 2.00 bits per heavy atom. The van der Waals surface area contributed by atoms with Crippen LogP contribution in [0.15, 0.2) is 4.99 Å². The molecule has 0 aliphatic rings. The smallest absolute Gasteiger partial charge is 0.340 e. The predicted octanol–water partition coefficient (Wildman–Crippen LogP) is -1.46. The van der Waals surface area contributed by atoms with Gasteiger partial charge >= 0.3 is 6.03 Å². The van der Waals surface area contributed by atoms with E-state index in [4.69, 9.17) is 11.5 Å². The van der Waals surface area contributed by atoms with Gasteiger partial charge in [0.25, 0.3) is 0 Å². The number of urea groups is 1. The Labute approximate surface area is 46.5 Å². The van der Waals surface area contributed by atoms with Gasteiger partial charge in [-0.15, -0.1) is 0 Å². The predicted molar refractivity (Wildman–Crippen MR) is 29.7 cm³/mol. The fourth-order valence-corrected chi connectivity index (χ4v) is 0.165. The Bertz CT molecular complexity index is 118. The van der Waals surface area contributed by atoms with E-state index < -0.39 is 6.03 Å². The third-order valence-electron chi connectivity index (χ3n) is 0.410. The number of nitrogens with two attached hydrogens (primary N) is 3. The standard InChI is InChI=1S/C3H7N4O/c4-1-2(5)7-3(6)8/h1H,4H2,(H4,5,6,7,8). The molecule has 0 heterocycles. The van der Waals surface area contributed by atoms with Crippen LogP contribution in [0.3, 0.4) is 0 Å². The van der Waals surface area contributed by atoms with E-state index in [1.54, 1.807) is 0 Å². The van der Waals surface area contributed by atoms with E-state index in [2.05, 4.69) is 10.7 Å². The number of carbonyl (C=O) groups excluding carboxylic acids is 1. The quantitative estimate of drug-likeness (QED) is 0.287. The lowest BCUT2D eigenvalue weighted by Crippen LogP contribution is -2.20. The van der Waals surface area contributed by atoms with Crippen molar-refractivity contribution in [2.75, 3.05) is 0 Å². The van der Waals surface area contributed by atoms with Crippen molar-refractivity contribution in [3.8, 4) is 0 Å². The van der Waals surface area contributed by atoms with Crippen LogP contribution in [0.5, 0.6) is 0 Å². The van der Waals surface area contributed by atoms with Crippen molar-refractivity contribution in [2.24, 2.45) is 22.2 Å². The van der Waals surface area contributed by atoms with E-state index in [1.165, 1.54) is 0 Å². The van der Waals surface area contributed by atoms with Gasteiger partial charge in [-0.3, -0.25) is 0 Å². The van der Waals surface area contributed by atoms with Gasteiger partial charge in [0.1, 0.15) is 5.84 Å². The van der Waals surface area contributed by atoms with Gasteiger partial charge in [0.2, 0.25) is 0 Å². The Morgan fingerprint density at radius 3 is 2.12 bits per heavy atom. The number of hydrogen-bond acceptors (Lipinski definition) is 2. The molecule has 5 heteroatoms. The summed E-state index contributed by atoms with van der Waals surface area (Å²) in [4.78, 5) is 12.9. The maximum absolute atomic E-state index is 9.85. The third kappa shape index (κ3) is 3.10. The molecule has 0 atom stereocenters. The first-order chi connectivity index (χ1) is 3.66. The number of rotatable bonds is 1. The molecule has 0 bridgehead atoms. The minimum Gasteiger partial charge on any atom is -0.386 e. The van der Waals surface area contributed by atoms with E-state index in [0.717, 1.165) is 6.54 Å². The number of aliphatic imine (C=N–C) groups is 1. The highest BCUT2D eigenvalue weighted by atomic mass is 16.2. The van der Waals surface area contributed by atoms with Crippen molar-refractivity contribution >= 4 is 11.9 Å². The third-order valence-corrected chi connectivity index (χ3v) is 0.410. The molecule has 0 aliphatic heterocycles. The molecule has 1 radical (unpaired) electrons. The fourth-order valence-electron chi connectivity index (χ4n) is 0.165. The van der Waals surface area contributed by atoms with Crippen molar-refractivity contribution < 1.29 is 4.79 Å². The second kappa shape index (κ2) is 2.98. The summed E-state index contributed by atoms with van der Waals surface area (Å²) >= 11 is 0. The lowest BCUT2D eigenvalue weighted by atomic mass is 10.6. The van der Waals surface area contributed by atoms with E-state index >= 15 is 0 Å². The summed E-state index contributed by atoms with van der Waals surface area (Å²) in [6.45, 7) is 0.991. The van der Waals surface area contributed by atoms with Crippen LogP contribution in [-0.4, -0.2) is 11.9 Å². The molecule has 8 heavy (non-hydrogen) atoms. The molecule has 0 rings (SSSR count). The Balaban J connectivity index is 3.75. The molecular weight excluding hydrogens is 108 g/mol. The molecule has 5 nitrogen and oxygen atoms in total. The second-order valence-corrected chi connectivity index (χ2v) is 1.04. The van der Waals surface area contributed by atoms with Gasteiger partial charge in [0, 0.05) is 0 Å². The number of amidine groups is 1. The molecule has 0 saturated carbocycles. The molecule has 0 aliphatic carbocycles. The van der Waals surface area contributed by atoms with E-state index in [-0.39, 0.29) is 5.84 Å². The average molecular weight is 115 g/mol. The van der Waals surface area contributed by atoms with Crippen molar-refractivity contribution in [2.45, 2.75) is 0 Å². The number of nitrogens with zero attached hydrogens (tertiary/aromatic N) is 1. The molecule has 0 aromatic heterocycles. The average Bonchev–Trinajstić information content (AvgIpc) is 1.65. The Hall–Kier alpha value is -1.10. The fraction of sp³-hybridized carbons (Fsp3) is 0. The monoisotopic (exact) mass is 115 g/mol. The van der Waals surface area contributed by atoms with Crippen LogP contribution < -0.4 is 17.2 Å². The zero-order valence-electron chi connectivity index (χ0n) is 4.16. The summed E-state index contributed by atoms with van der Waals surface area (Å²) in [5.41, 5.74) is 14.4. The summed E-state index contributed by atoms with van der Waals surface area (Å²) < 4.78 is 0. The summed E-state index contributed by atoms with van der Waals surface area (Å²) in [7, 11) is 0. The lowest BCUT2D eigenvalue weighted by molar-refractivity contribution is 0.256. The Morgan fingerprint density at radius 1 is 1.50 bits per heavy atom. The topological polar surface area (TPSA) is 107 Å². The number of amides is 2. The van der Waals surface area contributed by atoms with Gasteiger partial charge in [0.15, 0.2) is 0 Å². The number of hydrogen-bond donors (Lipinski definition) is 3. The minimum atomic E-state index is -0.843. The van der Waals surface area contributed by atoms with Gasteiger partial charge in [-0.25, -0.2) is 4.79 Å². The lowest BCUT2D eigenvalue weighted by Gasteiger charge is -1.87. The Kier molecular flexibility index (Phi) is 2.57. The van der Waals surface area contributed by atoms with E-state index in [0.29, 0.717) is 0 Å². The first-order valence-corrected chi connectivity index (χ1v) is 1.85. The molecule has 0 saturated heterocycles. The van der Waals surface area contributed by atoms with Crippen LogP contribution in [0, 0.1) is 6.54 Å². The summed E-state index contributed by atoms with van der Waals surface area (Å²) in [5, 5.41) is 0.